The van der Waals surface area contributed by atoms with Crippen molar-refractivity contribution in [1.29, 1.82) is 5.26 Å². The smallest absolute Gasteiger partial charge is 0.340 e. The number of esters is 1. The molecule has 1 saturated heterocycles. The summed E-state index contributed by atoms with van der Waals surface area (Å²) < 4.78 is 4.75. The van der Waals surface area contributed by atoms with Gasteiger partial charge in [-0.15, -0.1) is 11.3 Å². The van der Waals surface area contributed by atoms with Crippen LogP contribution in [0.1, 0.15) is 22.5 Å². The number of hydrogen-bond donors (Lipinski definition) is 1. The Morgan fingerprint density at radius 1 is 1.50 bits per heavy atom. The molecule has 3 rings (SSSR count). The van der Waals surface area contributed by atoms with E-state index in [0.717, 1.165) is 0 Å². The number of thiophene rings is 1. The van der Waals surface area contributed by atoms with Crippen LogP contribution in [0.2, 0.25) is 0 Å². The molecule has 0 aliphatic carbocycles. The molecule has 7 nitrogen and oxygen atoms in total. The van der Waals surface area contributed by atoms with Crippen molar-refractivity contribution < 1.29 is 14.3 Å². The van der Waals surface area contributed by atoms with Crippen molar-refractivity contribution in [2.75, 3.05) is 23.9 Å². The Bertz CT molecular complexity index is 827. The SMILES string of the molecule is COC(=O)c1ccsc1N1CCC(Nc2cccc(C#N)n2)C1=O. The first-order valence-electron chi connectivity index (χ1n) is 7.25. The highest BCUT2D eigenvalue weighted by molar-refractivity contribution is 7.14. The number of rotatable bonds is 4. The van der Waals surface area contributed by atoms with Crippen LogP contribution in [0, 0.1) is 11.3 Å². The zero-order chi connectivity index (χ0) is 17.1. The van der Waals surface area contributed by atoms with E-state index in [-0.39, 0.29) is 11.6 Å². The van der Waals surface area contributed by atoms with E-state index in [2.05, 4.69) is 10.3 Å². The quantitative estimate of drug-likeness (QED) is 0.854. The maximum Gasteiger partial charge on any atom is 0.340 e. The molecule has 1 fully saturated rings. The number of hydrogen-bond acceptors (Lipinski definition) is 7. The molecule has 2 aromatic rings. The number of carbonyl (C=O) groups is 2. The average Bonchev–Trinajstić information content (AvgIpc) is 3.22. The third-order valence-electron chi connectivity index (χ3n) is 3.69. The Morgan fingerprint density at radius 2 is 2.33 bits per heavy atom. The first kappa shape index (κ1) is 16.0. The van der Waals surface area contributed by atoms with Gasteiger partial charge in [0.2, 0.25) is 5.91 Å². The molecular weight excluding hydrogens is 328 g/mol. The number of aromatic nitrogens is 1. The molecule has 1 aliphatic heterocycles. The summed E-state index contributed by atoms with van der Waals surface area (Å²) in [6, 6.07) is 8.19. The second-order valence-electron chi connectivity index (χ2n) is 5.13. The highest BCUT2D eigenvalue weighted by Crippen LogP contribution is 2.32. The summed E-state index contributed by atoms with van der Waals surface area (Å²) in [6.07, 6.45) is 0.579. The van der Waals surface area contributed by atoms with E-state index >= 15 is 0 Å². The van der Waals surface area contributed by atoms with Crippen LogP contribution in [0.5, 0.6) is 0 Å². The van der Waals surface area contributed by atoms with Gasteiger partial charge in [0, 0.05) is 6.54 Å². The summed E-state index contributed by atoms with van der Waals surface area (Å²) >= 11 is 1.33. The lowest BCUT2D eigenvalue weighted by Gasteiger charge is -2.17. The molecule has 24 heavy (non-hydrogen) atoms. The molecule has 1 atom stereocenters. The second kappa shape index (κ2) is 6.68. The minimum Gasteiger partial charge on any atom is -0.465 e. The Labute approximate surface area is 142 Å². The number of amides is 1. The maximum atomic E-state index is 12.7. The molecule has 0 radical (unpaired) electrons. The first-order valence-corrected chi connectivity index (χ1v) is 8.13. The topological polar surface area (TPSA) is 95.3 Å². The van der Waals surface area contributed by atoms with Crippen molar-refractivity contribution in [2.24, 2.45) is 0 Å². The van der Waals surface area contributed by atoms with E-state index in [1.807, 2.05) is 6.07 Å². The molecule has 1 aliphatic rings. The third-order valence-corrected chi connectivity index (χ3v) is 4.62. The highest BCUT2D eigenvalue weighted by Gasteiger charge is 2.35. The molecule has 1 N–H and O–H groups in total. The number of nitrogens with zero attached hydrogens (tertiary/aromatic N) is 3. The van der Waals surface area contributed by atoms with E-state index in [9.17, 15) is 9.59 Å². The summed E-state index contributed by atoms with van der Waals surface area (Å²) in [5.74, 6) is -0.112. The van der Waals surface area contributed by atoms with Crippen molar-refractivity contribution >= 4 is 34.0 Å². The molecule has 3 heterocycles. The van der Waals surface area contributed by atoms with Gasteiger partial charge < -0.3 is 15.0 Å². The van der Waals surface area contributed by atoms with E-state index in [1.165, 1.54) is 18.4 Å². The van der Waals surface area contributed by atoms with E-state index < -0.39 is 12.0 Å². The fourth-order valence-corrected chi connectivity index (χ4v) is 3.47. The van der Waals surface area contributed by atoms with Gasteiger partial charge in [-0.25, -0.2) is 9.78 Å². The van der Waals surface area contributed by atoms with Gasteiger partial charge in [0.1, 0.15) is 28.6 Å². The lowest BCUT2D eigenvalue weighted by atomic mass is 10.2. The molecule has 1 amide bonds. The van der Waals surface area contributed by atoms with Crippen molar-refractivity contribution in [3.8, 4) is 6.07 Å². The number of anilines is 2. The van der Waals surface area contributed by atoms with Gasteiger partial charge in [-0.2, -0.15) is 5.26 Å². The number of pyridine rings is 1. The van der Waals surface area contributed by atoms with Gasteiger partial charge >= 0.3 is 5.97 Å². The number of ether oxygens (including phenoxy) is 1. The number of carbonyl (C=O) groups excluding carboxylic acids is 2. The van der Waals surface area contributed by atoms with Crippen LogP contribution in [0.25, 0.3) is 0 Å². The van der Waals surface area contributed by atoms with Crippen molar-refractivity contribution in [1.82, 2.24) is 4.98 Å². The number of methoxy groups -OCH3 is 1. The fourth-order valence-electron chi connectivity index (χ4n) is 2.55. The standard InChI is InChI=1S/C16H14N4O3S/c1-23-16(22)11-6-8-24-15(11)20-7-5-12(14(20)21)19-13-4-2-3-10(9-17)18-13/h2-4,6,8,12H,5,7H2,1H3,(H,18,19). The molecule has 0 spiro atoms. The van der Waals surface area contributed by atoms with Crippen LogP contribution >= 0.6 is 11.3 Å². The summed E-state index contributed by atoms with van der Waals surface area (Å²) in [6.45, 7) is 0.499. The molecule has 122 valence electrons. The molecule has 2 aromatic heterocycles. The van der Waals surface area contributed by atoms with Gasteiger partial charge in [0.05, 0.1) is 12.7 Å². The summed E-state index contributed by atoms with van der Waals surface area (Å²) in [5, 5.41) is 14.3. The zero-order valence-corrected chi connectivity index (χ0v) is 13.7. The minimum absolute atomic E-state index is 0.133. The molecule has 0 aromatic carbocycles. The zero-order valence-electron chi connectivity index (χ0n) is 12.9. The first-order chi connectivity index (χ1) is 11.6. The van der Waals surface area contributed by atoms with Crippen LogP contribution in [-0.2, 0) is 9.53 Å². The average molecular weight is 342 g/mol. The van der Waals surface area contributed by atoms with Crippen molar-refractivity contribution in [3.05, 3.63) is 40.9 Å². The molecule has 1 unspecified atom stereocenters. The second-order valence-corrected chi connectivity index (χ2v) is 6.02. The van der Waals surface area contributed by atoms with Crippen LogP contribution in [0.3, 0.4) is 0 Å². The van der Waals surface area contributed by atoms with E-state index in [1.54, 1.807) is 34.5 Å². The van der Waals surface area contributed by atoms with Gasteiger partial charge in [-0.1, -0.05) is 6.07 Å². The normalized spacial score (nSPS) is 16.8. The Kier molecular flexibility index (Phi) is 4.44. The largest absolute Gasteiger partial charge is 0.465 e. The molecule has 0 bridgehead atoms. The Hall–Kier alpha value is -2.92. The van der Waals surface area contributed by atoms with Crippen LogP contribution in [-0.4, -0.2) is 36.6 Å². The lowest BCUT2D eigenvalue weighted by Crippen LogP contribution is -2.34. The number of nitrogens with one attached hydrogen (secondary N) is 1. The minimum atomic E-state index is -0.459. The van der Waals surface area contributed by atoms with Gasteiger partial charge in [-0.3, -0.25) is 4.79 Å². The Morgan fingerprint density at radius 3 is 3.08 bits per heavy atom. The molecular formula is C16H14N4O3S. The highest BCUT2D eigenvalue weighted by atomic mass is 32.1. The molecule has 8 heteroatoms. The summed E-state index contributed by atoms with van der Waals surface area (Å²) in [4.78, 5) is 30.2. The van der Waals surface area contributed by atoms with Gasteiger partial charge in [0.25, 0.3) is 0 Å². The summed E-state index contributed by atoms with van der Waals surface area (Å²) in [7, 11) is 1.31. The number of nitriles is 1. The molecule has 0 saturated carbocycles. The van der Waals surface area contributed by atoms with E-state index in [4.69, 9.17) is 10.00 Å². The lowest BCUT2D eigenvalue weighted by molar-refractivity contribution is -0.117. The predicted molar refractivity (Wildman–Crippen MR) is 89.0 cm³/mol. The monoisotopic (exact) mass is 342 g/mol. The summed E-state index contributed by atoms with van der Waals surface area (Å²) in [5.41, 5.74) is 0.676. The van der Waals surface area contributed by atoms with Gasteiger partial charge in [0.15, 0.2) is 0 Å². The van der Waals surface area contributed by atoms with Gasteiger partial charge in [-0.05, 0) is 30.0 Å². The Balaban J connectivity index is 1.77. The predicted octanol–water partition coefficient (Wildman–Crippen LogP) is 2.02. The maximum absolute atomic E-state index is 12.7. The van der Waals surface area contributed by atoms with Crippen molar-refractivity contribution in [2.45, 2.75) is 12.5 Å². The van der Waals surface area contributed by atoms with Crippen molar-refractivity contribution in [3.63, 3.8) is 0 Å². The third kappa shape index (κ3) is 2.94. The van der Waals surface area contributed by atoms with Crippen LogP contribution < -0.4 is 10.2 Å². The van der Waals surface area contributed by atoms with Crippen LogP contribution in [0.4, 0.5) is 10.8 Å². The fraction of sp³-hybridized carbons (Fsp3) is 0.250. The van der Waals surface area contributed by atoms with E-state index in [0.29, 0.717) is 29.3 Å². The van der Waals surface area contributed by atoms with Crippen LogP contribution in [0.15, 0.2) is 29.6 Å².